The summed E-state index contributed by atoms with van der Waals surface area (Å²) < 4.78 is 89.4. The Bertz CT molecular complexity index is 1270. The van der Waals surface area contributed by atoms with Gasteiger partial charge in [-0.15, -0.1) is 0 Å². The molecule has 0 atom stereocenters. The Morgan fingerprint density at radius 3 is 2.42 bits per heavy atom. The number of ether oxygens (including phenoxy) is 2. The third kappa shape index (κ3) is 6.77. The molecular formula is C25H22F6N4O3. The van der Waals surface area contributed by atoms with Crippen LogP contribution in [0.5, 0.6) is 6.01 Å². The summed E-state index contributed by atoms with van der Waals surface area (Å²) in [6.07, 6.45) is 3.01. The van der Waals surface area contributed by atoms with Gasteiger partial charge in [0.1, 0.15) is 18.2 Å². The number of hydrogen-bond donors (Lipinski definition) is 1. The number of pyridine rings is 1. The summed E-state index contributed by atoms with van der Waals surface area (Å²) in [5.74, 6) is -5.46. The highest BCUT2D eigenvalue weighted by Crippen LogP contribution is 2.44. The van der Waals surface area contributed by atoms with Crippen LogP contribution in [0.1, 0.15) is 47.7 Å². The second kappa shape index (κ2) is 11.8. The van der Waals surface area contributed by atoms with E-state index in [-0.39, 0.29) is 66.4 Å². The predicted molar refractivity (Wildman–Crippen MR) is 123 cm³/mol. The Balaban J connectivity index is 1.61. The van der Waals surface area contributed by atoms with Gasteiger partial charge in [0, 0.05) is 48.5 Å². The number of hydrogen-bond acceptors (Lipinski definition) is 6. The molecule has 0 bridgehead atoms. The van der Waals surface area contributed by atoms with E-state index >= 15 is 0 Å². The van der Waals surface area contributed by atoms with E-state index in [9.17, 15) is 31.1 Å². The molecule has 202 valence electrons. The summed E-state index contributed by atoms with van der Waals surface area (Å²) in [7, 11) is 0. The van der Waals surface area contributed by atoms with Gasteiger partial charge in [-0.25, -0.2) is 27.5 Å². The van der Waals surface area contributed by atoms with Gasteiger partial charge in [-0.3, -0.25) is 9.78 Å². The largest absolute Gasteiger partial charge is 0.461 e. The van der Waals surface area contributed by atoms with Crippen molar-refractivity contribution in [2.24, 2.45) is 0 Å². The van der Waals surface area contributed by atoms with Crippen molar-refractivity contribution in [3.8, 4) is 17.1 Å². The Hall–Kier alpha value is -3.74. The van der Waals surface area contributed by atoms with Gasteiger partial charge in [-0.05, 0) is 37.1 Å². The molecule has 4 rings (SSSR count). The van der Waals surface area contributed by atoms with Crippen LogP contribution >= 0.6 is 0 Å². The minimum atomic E-state index is -2.95. The average molecular weight is 540 g/mol. The first-order valence-electron chi connectivity index (χ1n) is 11.6. The molecule has 1 fully saturated rings. The third-order valence-corrected chi connectivity index (χ3v) is 5.99. The zero-order valence-corrected chi connectivity index (χ0v) is 19.8. The summed E-state index contributed by atoms with van der Waals surface area (Å²) in [5, 5.41) is 2.64. The molecule has 1 aliphatic carbocycles. The Kier molecular flexibility index (Phi) is 8.45. The van der Waals surface area contributed by atoms with Crippen molar-refractivity contribution in [1.82, 2.24) is 15.0 Å². The van der Waals surface area contributed by atoms with Crippen molar-refractivity contribution in [2.45, 2.75) is 44.1 Å². The average Bonchev–Trinajstić information content (AvgIpc) is 2.88. The second-order valence-electron chi connectivity index (χ2n) is 8.56. The molecule has 38 heavy (non-hydrogen) atoms. The molecule has 1 amide bonds. The Labute approximate surface area is 213 Å². The number of carbonyl (C=O) groups is 1. The lowest BCUT2D eigenvalue weighted by molar-refractivity contribution is -0.133. The number of alkyl halides is 4. The zero-order valence-electron chi connectivity index (χ0n) is 19.8. The standard InChI is InChI=1S/C25H22F6N4O3/c26-16-1-2-19(27)18(11-16)17-5-8-32-20(14-3-6-25(30,31)7-4-14)21(17)35-22(36)15-12-33-24(34-13-15)38-10-9-37-23(28)29/h1-2,5,8,11-14,23H,3-4,6-7,9-10H2,(H,35,36). The molecule has 1 saturated carbocycles. The molecule has 1 aromatic carbocycles. The summed E-state index contributed by atoms with van der Waals surface area (Å²) in [6.45, 7) is -3.60. The summed E-state index contributed by atoms with van der Waals surface area (Å²) in [4.78, 5) is 25.1. The van der Waals surface area contributed by atoms with E-state index in [2.05, 4.69) is 25.0 Å². The van der Waals surface area contributed by atoms with E-state index in [1.807, 2.05) is 0 Å². The molecule has 0 unspecified atom stereocenters. The number of benzene rings is 1. The molecule has 0 aliphatic heterocycles. The van der Waals surface area contributed by atoms with Crippen LogP contribution in [0.4, 0.5) is 32.0 Å². The molecule has 3 aromatic rings. The van der Waals surface area contributed by atoms with Crippen LogP contribution in [0, 0.1) is 11.6 Å². The van der Waals surface area contributed by atoms with Crippen LogP contribution in [0.2, 0.25) is 0 Å². The molecule has 0 saturated heterocycles. The summed E-state index contributed by atoms with van der Waals surface area (Å²) in [5.41, 5.74) is 0.266. The monoisotopic (exact) mass is 540 g/mol. The number of nitrogens with one attached hydrogen (secondary N) is 1. The fraction of sp³-hybridized carbons (Fsp3) is 0.360. The SMILES string of the molecule is O=C(Nc1c(-c2cc(F)ccc2F)ccnc1C1CCC(F)(F)CC1)c1cnc(OCCOC(F)F)nc1. The van der Waals surface area contributed by atoms with Crippen molar-refractivity contribution in [3.63, 3.8) is 0 Å². The molecule has 0 radical (unpaired) electrons. The highest BCUT2D eigenvalue weighted by Gasteiger charge is 2.37. The number of nitrogens with zero attached hydrogens (tertiary/aromatic N) is 3. The van der Waals surface area contributed by atoms with Crippen LogP contribution in [0.15, 0.2) is 42.9 Å². The first-order valence-corrected chi connectivity index (χ1v) is 11.6. The topological polar surface area (TPSA) is 86.2 Å². The maximum Gasteiger partial charge on any atom is 0.345 e. The summed E-state index contributed by atoms with van der Waals surface area (Å²) in [6, 6.07) is 4.06. The highest BCUT2D eigenvalue weighted by molar-refractivity contribution is 6.06. The first-order chi connectivity index (χ1) is 18.1. The lowest BCUT2D eigenvalue weighted by Crippen LogP contribution is -2.25. The van der Waals surface area contributed by atoms with Gasteiger partial charge in [0.15, 0.2) is 0 Å². The number of anilines is 1. The zero-order chi connectivity index (χ0) is 27.3. The smallest absolute Gasteiger partial charge is 0.345 e. The number of amides is 1. The fourth-order valence-electron chi connectivity index (χ4n) is 4.12. The van der Waals surface area contributed by atoms with Crippen LogP contribution < -0.4 is 10.1 Å². The molecule has 1 N–H and O–H groups in total. The predicted octanol–water partition coefficient (Wildman–Crippen LogP) is 5.98. The van der Waals surface area contributed by atoms with Crippen molar-refractivity contribution < 1.29 is 40.6 Å². The van der Waals surface area contributed by atoms with E-state index in [1.54, 1.807) is 0 Å². The lowest BCUT2D eigenvalue weighted by atomic mass is 9.83. The van der Waals surface area contributed by atoms with Gasteiger partial charge in [0.05, 0.1) is 23.6 Å². The van der Waals surface area contributed by atoms with E-state index in [4.69, 9.17) is 4.74 Å². The van der Waals surface area contributed by atoms with E-state index in [0.717, 1.165) is 30.6 Å². The van der Waals surface area contributed by atoms with Gasteiger partial charge in [-0.2, -0.15) is 8.78 Å². The van der Waals surface area contributed by atoms with E-state index in [1.165, 1.54) is 12.3 Å². The molecule has 2 aromatic heterocycles. The van der Waals surface area contributed by atoms with Crippen molar-refractivity contribution in [2.75, 3.05) is 18.5 Å². The highest BCUT2D eigenvalue weighted by atomic mass is 19.3. The van der Waals surface area contributed by atoms with Gasteiger partial charge in [0.25, 0.3) is 5.91 Å². The first kappa shape index (κ1) is 27.3. The number of aromatic nitrogens is 3. The maximum atomic E-state index is 14.7. The minimum absolute atomic E-state index is 0.0446. The quantitative estimate of drug-likeness (QED) is 0.266. The third-order valence-electron chi connectivity index (χ3n) is 5.99. The van der Waals surface area contributed by atoms with Gasteiger partial charge >= 0.3 is 12.6 Å². The Morgan fingerprint density at radius 2 is 1.74 bits per heavy atom. The minimum Gasteiger partial charge on any atom is -0.461 e. The van der Waals surface area contributed by atoms with Crippen molar-refractivity contribution >= 4 is 11.6 Å². The maximum absolute atomic E-state index is 14.7. The number of rotatable bonds is 9. The van der Waals surface area contributed by atoms with Crippen molar-refractivity contribution in [1.29, 1.82) is 0 Å². The number of carbonyl (C=O) groups excluding carboxylic acids is 1. The van der Waals surface area contributed by atoms with Crippen LogP contribution in [0.3, 0.4) is 0 Å². The van der Waals surface area contributed by atoms with Gasteiger partial charge < -0.3 is 14.8 Å². The normalized spacial score (nSPS) is 15.4. The van der Waals surface area contributed by atoms with Crippen molar-refractivity contribution in [3.05, 3.63) is 65.7 Å². The molecule has 0 spiro atoms. The molecular weight excluding hydrogens is 518 g/mol. The van der Waals surface area contributed by atoms with Crippen LogP contribution in [0.25, 0.3) is 11.1 Å². The number of halogens is 6. The van der Waals surface area contributed by atoms with Gasteiger partial charge in [-0.1, -0.05) is 0 Å². The fourth-order valence-corrected chi connectivity index (χ4v) is 4.12. The molecule has 7 nitrogen and oxygen atoms in total. The molecule has 1 aliphatic rings. The molecule has 13 heteroatoms. The van der Waals surface area contributed by atoms with E-state index in [0.29, 0.717) is 0 Å². The summed E-state index contributed by atoms with van der Waals surface area (Å²) >= 11 is 0. The lowest BCUT2D eigenvalue weighted by Gasteiger charge is -2.29. The van der Waals surface area contributed by atoms with Gasteiger partial charge in [0.2, 0.25) is 5.92 Å². The van der Waals surface area contributed by atoms with Crippen LogP contribution in [-0.4, -0.2) is 46.6 Å². The Morgan fingerprint density at radius 1 is 1.03 bits per heavy atom. The molecule has 2 heterocycles. The van der Waals surface area contributed by atoms with E-state index < -0.39 is 42.6 Å². The second-order valence-corrected chi connectivity index (χ2v) is 8.56. The van der Waals surface area contributed by atoms with Crippen LogP contribution in [-0.2, 0) is 4.74 Å².